The highest BCUT2D eigenvalue weighted by molar-refractivity contribution is 7.98. The molecular formula is C21H22FN3O2S. The minimum absolute atomic E-state index is 0.121. The first-order chi connectivity index (χ1) is 13.6. The minimum atomic E-state index is -0.404. The van der Waals surface area contributed by atoms with Crippen LogP contribution in [0.5, 0.6) is 11.5 Å². The number of aromatic nitrogens is 3. The van der Waals surface area contributed by atoms with Crippen molar-refractivity contribution in [2.75, 3.05) is 7.11 Å². The lowest BCUT2D eigenvalue weighted by Gasteiger charge is -2.11. The molecule has 146 valence electrons. The van der Waals surface area contributed by atoms with Gasteiger partial charge in [-0.05, 0) is 25.1 Å². The van der Waals surface area contributed by atoms with Gasteiger partial charge in [0.2, 0.25) is 0 Å². The molecule has 1 heterocycles. The number of thioether (sulfide) groups is 1. The number of benzene rings is 2. The fourth-order valence-electron chi connectivity index (χ4n) is 2.71. The Bertz CT molecular complexity index is 959. The van der Waals surface area contributed by atoms with E-state index in [0.717, 1.165) is 16.5 Å². The van der Waals surface area contributed by atoms with Crippen molar-refractivity contribution in [1.82, 2.24) is 14.8 Å². The molecule has 3 rings (SSSR count). The predicted molar refractivity (Wildman–Crippen MR) is 108 cm³/mol. The molecule has 5 nitrogen and oxygen atoms in total. The third-order valence-electron chi connectivity index (χ3n) is 4.09. The first-order valence-electron chi connectivity index (χ1n) is 8.79. The van der Waals surface area contributed by atoms with Crippen molar-refractivity contribution in [3.63, 3.8) is 0 Å². The van der Waals surface area contributed by atoms with Gasteiger partial charge in [-0.15, -0.1) is 16.8 Å². The minimum Gasteiger partial charge on any atom is -0.496 e. The van der Waals surface area contributed by atoms with Crippen LogP contribution >= 0.6 is 11.8 Å². The lowest BCUT2D eigenvalue weighted by atomic mass is 10.1. The number of rotatable bonds is 9. The monoisotopic (exact) mass is 399 g/mol. The number of halogens is 1. The molecule has 0 bridgehead atoms. The Morgan fingerprint density at radius 1 is 1.18 bits per heavy atom. The van der Waals surface area contributed by atoms with Crippen LogP contribution in [0, 0.1) is 12.7 Å². The van der Waals surface area contributed by atoms with Gasteiger partial charge in [-0.2, -0.15) is 0 Å². The maximum absolute atomic E-state index is 13.8. The van der Waals surface area contributed by atoms with Gasteiger partial charge >= 0.3 is 0 Å². The van der Waals surface area contributed by atoms with E-state index in [4.69, 9.17) is 9.47 Å². The average molecular weight is 399 g/mol. The normalized spacial score (nSPS) is 10.7. The summed E-state index contributed by atoms with van der Waals surface area (Å²) in [7, 11) is 1.66. The molecule has 3 aromatic rings. The van der Waals surface area contributed by atoms with E-state index >= 15 is 0 Å². The Morgan fingerprint density at radius 2 is 2.00 bits per heavy atom. The van der Waals surface area contributed by atoms with Crippen LogP contribution in [0.2, 0.25) is 0 Å². The van der Waals surface area contributed by atoms with Gasteiger partial charge in [-0.3, -0.25) is 4.57 Å². The second-order valence-electron chi connectivity index (χ2n) is 6.12. The summed E-state index contributed by atoms with van der Waals surface area (Å²) in [5.74, 6) is 1.93. The Labute approximate surface area is 168 Å². The van der Waals surface area contributed by atoms with E-state index < -0.39 is 5.82 Å². The zero-order valence-corrected chi connectivity index (χ0v) is 16.7. The average Bonchev–Trinajstić information content (AvgIpc) is 3.08. The first-order valence-corrected chi connectivity index (χ1v) is 9.77. The maximum Gasteiger partial charge on any atom is 0.191 e. The van der Waals surface area contributed by atoms with Crippen molar-refractivity contribution >= 4 is 11.8 Å². The molecule has 0 atom stereocenters. The molecule has 0 unspecified atom stereocenters. The number of hydrogen-bond acceptors (Lipinski definition) is 5. The maximum atomic E-state index is 13.8. The molecule has 0 fully saturated rings. The zero-order chi connectivity index (χ0) is 19.9. The third kappa shape index (κ3) is 4.72. The van der Waals surface area contributed by atoms with Crippen LogP contribution in [0.4, 0.5) is 4.39 Å². The van der Waals surface area contributed by atoms with Crippen molar-refractivity contribution in [2.24, 2.45) is 0 Å². The molecule has 0 amide bonds. The van der Waals surface area contributed by atoms with Gasteiger partial charge in [0.25, 0.3) is 0 Å². The number of para-hydroxylation sites is 1. The van der Waals surface area contributed by atoms with E-state index in [2.05, 4.69) is 22.8 Å². The molecule has 0 spiro atoms. The number of methoxy groups -OCH3 is 1. The largest absolute Gasteiger partial charge is 0.496 e. The number of hydrogen-bond donors (Lipinski definition) is 0. The van der Waals surface area contributed by atoms with Crippen LogP contribution in [-0.2, 0) is 18.9 Å². The highest BCUT2D eigenvalue weighted by Crippen LogP contribution is 2.28. The molecule has 0 aliphatic heterocycles. The van der Waals surface area contributed by atoms with Crippen LogP contribution in [0.15, 0.2) is 60.3 Å². The summed E-state index contributed by atoms with van der Waals surface area (Å²) in [5.41, 5.74) is 2.26. The lowest BCUT2D eigenvalue weighted by molar-refractivity contribution is 0.275. The molecule has 0 aliphatic carbocycles. The van der Waals surface area contributed by atoms with Crippen molar-refractivity contribution in [3.8, 4) is 11.5 Å². The predicted octanol–water partition coefficient (Wildman–Crippen LogP) is 4.79. The van der Waals surface area contributed by atoms with E-state index in [1.807, 2.05) is 23.6 Å². The smallest absolute Gasteiger partial charge is 0.191 e. The van der Waals surface area contributed by atoms with Crippen LogP contribution in [0.25, 0.3) is 0 Å². The molecule has 0 aliphatic rings. The van der Waals surface area contributed by atoms with E-state index in [0.29, 0.717) is 18.1 Å². The molecule has 28 heavy (non-hydrogen) atoms. The fourth-order valence-corrected chi connectivity index (χ4v) is 3.66. The molecule has 7 heteroatoms. The molecule has 0 saturated carbocycles. The summed E-state index contributed by atoms with van der Waals surface area (Å²) in [5, 5.41) is 9.24. The van der Waals surface area contributed by atoms with Crippen molar-refractivity contribution in [2.45, 2.75) is 31.0 Å². The van der Waals surface area contributed by atoms with E-state index in [1.165, 1.54) is 11.6 Å². The first kappa shape index (κ1) is 19.9. The zero-order valence-electron chi connectivity index (χ0n) is 15.9. The summed E-state index contributed by atoms with van der Waals surface area (Å²) >= 11 is 1.56. The lowest BCUT2D eigenvalue weighted by Crippen LogP contribution is -2.08. The standard InChI is InChI=1S/C21H22FN3O2S/c1-4-11-25-20(13-27-19-8-6-5-7-17(19)22)23-24-21(25)28-14-16-12-15(2)9-10-18(16)26-3/h4-10,12H,1,11,13-14H2,2-3H3. The molecule has 0 N–H and O–H groups in total. The van der Waals surface area contributed by atoms with Gasteiger partial charge in [-0.1, -0.05) is 47.7 Å². The topological polar surface area (TPSA) is 49.2 Å². The Kier molecular flexibility index (Phi) is 6.71. The Hall–Kier alpha value is -2.80. The second-order valence-corrected chi connectivity index (χ2v) is 7.06. The number of allylic oxidation sites excluding steroid dienone is 1. The number of aryl methyl sites for hydroxylation is 1. The van der Waals surface area contributed by atoms with Gasteiger partial charge in [-0.25, -0.2) is 4.39 Å². The van der Waals surface area contributed by atoms with Crippen LogP contribution in [0.3, 0.4) is 0 Å². The molecule has 2 aromatic carbocycles. The molecule has 1 aromatic heterocycles. The van der Waals surface area contributed by atoms with Gasteiger partial charge in [0.05, 0.1) is 7.11 Å². The van der Waals surface area contributed by atoms with Gasteiger partial charge in [0.1, 0.15) is 12.4 Å². The summed E-state index contributed by atoms with van der Waals surface area (Å²) < 4.78 is 26.7. The van der Waals surface area contributed by atoms with E-state index in [-0.39, 0.29) is 12.4 Å². The molecule has 0 saturated heterocycles. The fraction of sp³-hybridized carbons (Fsp3) is 0.238. The quantitative estimate of drug-likeness (QED) is 0.382. The number of ether oxygens (including phenoxy) is 2. The van der Waals surface area contributed by atoms with E-state index in [1.54, 1.807) is 43.1 Å². The summed E-state index contributed by atoms with van der Waals surface area (Å²) in [6.07, 6.45) is 1.77. The van der Waals surface area contributed by atoms with Crippen LogP contribution in [-0.4, -0.2) is 21.9 Å². The Balaban J connectivity index is 1.74. The highest BCUT2D eigenvalue weighted by atomic mass is 32.2. The Morgan fingerprint density at radius 3 is 2.75 bits per heavy atom. The van der Waals surface area contributed by atoms with Gasteiger partial charge < -0.3 is 9.47 Å². The van der Waals surface area contributed by atoms with Crippen LogP contribution < -0.4 is 9.47 Å². The van der Waals surface area contributed by atoms with E-state index in [9.17, 15) is 4.39 Å². The summed E-state index contributed by atoms with van der Waals surface area (Å²) in [6, 6.07) is 12.4. The second kappa shape index (κ2) is 9.41. The molecular weight excluding hydrogens is 377 g/mol. The van der Waals surface area contributed by atoms with Crippen LogP contribution in [0.1, 0.15) is 17.0 Å². The SMILES string of the molecule is C=CCn1c(COc2ccccc2F)nnc1SCc1cc(C)ccc1OC. The molecule has 0 radical (unpaired) electrons. The van der Waals surface area contributed by atoms with Crippen molar-refractivity contribution in [1.29, 1.82) is 0 Å². The van der Waals surface area contributed by atoms with Crippen molar-refractivity contribution in [3.05, 3.63) is 77.9 Å². The summed E-state index contributed by atoms with van der Waals surface area (Å²) in [6.45, 7) is 6.51. The summed E-state index contributed by atoms with van der Waals surface area (Å²) in [4.78, 5) is 0. The van der Waals surface area contributed by atoms with Crippen molar-refractivity contribution < 1.29 is 13.9 Å². The highest BCUT2D eigenvalue weighted by Gasteiger charge is 2.14. The van der Waals surface area contributed by atoms with Gasteiger partial charge in [0, 0.05) is 17.9 Å². The van der Waals surface area contributed by atoms with Gasteiger partial charge in [0.15, 0.2) is 22.5 Å². The third-order valence-corrected chi connectivity index (χ3v) is 5.11. The number of nitrogens with zero attached hydrogens (tertiary/aromatic N) is 3.